The molecule has 5 heteroatoms. The molecule has 0 aliphatic carbocycles. The van der Waals surface area contributed by atoms with Crippen LogP contribution in [0.4, 0.5) is 10.1 Å². The maximum atomic E-state index is 13.5. The monoisotopic (exact) mass is 285 g/mol. The van der Waals surface area contributed by atoms with Crippen LogP contribution < -0.4 is 4.90 Å². The highest BCUT2D eigenvalue weighted by Crippen LogP contribution is 2.33. The number of rotatable bonds is 1. The predicted octanol–water partition coefficient (Wildman–Crippen LogP) is 2.95. The number of anilines is 1. The van der Waals surface area contributed by atoms with Crippen molar-refractivity contribution < 1.29 is 19.1 Å². The van der Waals surface area contributed by atoms with Gasteiger partial charge in [-0.15, -0.1) is 0 Å². The maximum Gasteiger partial charge on any atom is 0.266 e. The van der Waals surface area contributed by atoms with Crippen molar-refractivity contribution in [1.29, 1.82) is 0 Å². The molecule has 0 bridgehead atoms. The number of fused-ring (bicyclic) bond motifs is 1. The summed E-state index contributed by atoms with van der Waals surface area (Å²) in [6, 6.07) is 6.99. The molecule has 1 aliphatic heterocycles. The normalized spacial score (nSPS) is 13.8. The summed E-state index contributed by atoms with van der Waals surface area (Å²) in [6.45, 7) is 3.51. The Balaban J connectivity index is 2.18. The largest absolute Gasteiger partial charge is 0.505 e. The third-order valence-corrected chi connectivity index (χ3v) is 3.65. The van der Waals surface area contributed by atoms with Crippen LogP contribution in [0, 0.1) is 19.7 Å². The number of imide groups is 1. The first-order valence-corrected chi connectivity index (χ1v) is 6.39. The van der Waals surface area contributed by atoms with E-state index in [4.69, 9.17) is 0 Å². The number of amides is 2. The van der Waals surface area contributed by atoms with E-state index >= 15 is 0 Å². The minimum atomic E-state index is -0.877. The van der Waals surface area contributed by atoms with Gasteiger partial charge in [-0.05, 0) is 37.1 Å². The van der Waals surface area contributed by atoms with Gasteiger partial charge in [-0.2, -0.15) is 0 Å². The zero-order valence-corrected chi connectivity index (χ0v) is 11.5. The molecular weight excluding hydrogens is 273 g/mol. The number of phenols is 1. The maximum absolute atomic E-state index is 13.5. The molecule has 4 nitrogen and oxygen atoms in total. The molecule has 0 aromatic heterocycles. The van der Waals surface area contributed by atoms with Crippen LogP contribution in [0.25, 0.3) is 0 Å². The second-order valence-corrected chi connectivity index (χ2v) is 5.03. The van der Waals surface area contributed by atoms with Crippen molar-refractivity contribution in [2.75, 3.05) is 4.90 Å². The molecule has 0 unspecified atom stereocenters. The van der Waals surface area contributed by atoms with Gasteiger partial charge < -0.3 is 5.11 Å². The number of halogens is 1. The fourth-order valence-corrected chi connectivity index (χ4v) is 2.55. The van der Waals surface area contributed by atoms with Crippen LogP contribution in [0.3, 0.4) is 0 Å². The van der Waals surface area contributed by atoms with Gasteiger partial charge in [0.05, 0.1) is 16.8 Å². The zero-order chi connectivity index (χ0) is 15.3. The fourth-order valence-electron chi connectivity index (χ4n) is 2.55. The lowest BCUT2D eigenvalue weighted by molar-refractivity contribution is 0.0926. The smallest absolute Gasteiger partial charge is 0.266 e. The van der Waals surface area contributed by atoms with Crippen molar-refractivity contribution in [3.8, 4) is 5.75 Å². The van der Waals surface area contributed by atoms with Crippen molar-refractivity contribution in [3.05, 3.63) is 58.4 Å². The van der Waals surface area contributed by atoms with E-state index in [1.54, 1.807) is 26.0 Å². The lowest BCUT2D eigenvalue weighted by Gasteiger charge is -2.14. The van der Waals surface area contributed by atoms with Gasteiger partial charge in [-0.25, -0.2) is 9.29 Å². The molecule has 0 spiro atoms. The predicted molar refractivity (Wildman–Crippen MR) is 75.1 cm³/mol. The SMILES string of the molecule is Cc1ccc(C)c2c1C(=O)N(c1ccc(O)c(F)c1)C2=O. The molecule has 0 fully saturated rings. The van der Waals surface area contributed by atoms with Crippen LogP contribution in [-0.2, 0) is 0 Å². The molecular formula is C16H12FNO3. The third kappa shape index (κ3) is 1.81. The summed E-state index contributed by atoms with van der Waals surface area (Å²) < 4.78 is 13.5. The van der Waals surface area contributed by atoms with E-state index in [1.807, 2.05) is 0 Å². The zero-order valence-electron chi connectivity index (χ0n) is 11.5. The number of carbonyl (C=O) groups is 2. The number of nitrogens with zero attached hydrogens (tertiary/aromatic N) is 1. The molecule has 1 N–H and O–H groups in total. The number of hydrogen-bond acceptors (Lipinski definition) is 3. The number of aromatic hydroxyl groups is 1. The van der Waals surface area contributed by atoms with Gasteiger partial charge in [0.25, 0.3) is 11.8 Å². The lowest BCUT2D eigenvalue weighted by Crippen LogP contribution is -2.29. The Morgan fingerprint density at radius 3 is 1.95 bits per heavy atom. The molecule has 0 saturated heterocycles. The van der Waals surface area contributed by atoms with E-state index in [0.29, 0.717) is 22.3 Å². The topological polar surface area (TPSA) is 57.6 Å². The quantitative estimate of drug-likeness (QED) is 0.819. The number of benzene rings is 2. The molecule has 1 heterocycles. The van der Waals surface area contributed by atoms with E-state index < -0.39 is 23.4 Å². The highest BCUT2D eigenvalue weighted by molar-refractivity contribution is 6.35. The molecule has 106 valence electrons. The summed E-state index contributed by atoms with van der Waals surface area (Å²) in [5, 5.41) is 9.22. The summed E-state index contributed by atoms with van der Waals surface area (Å²) >= 11 is 0. The van der Waals surface area contributed by atoms with E-state index in [2.05, 4.69) is 0 Å². The second kappa shape index (κ2) is 4.41. The summed E-state index contributed by atoms with van der Waals surface area (Å²) in [4.78, 5) is 25.9. The lowest BCUT2D eigenvalue weighted by atomic mass is 9.99. The molecule has 0 radical (unpaired) electrons. The molecule has 0 saturated carbocycles. The molecule has 2 aromatic carbocycles. The second-order valence-electron chi connectivity index (χ2n) is 5.03. The van der Waals surface area contributed by atoms with E-state index in [1.165, 1.54) is 6.07 Å². The van der Waals surface area contributed by atoms with Gasteiger partial charge in [0, 0.05) is 6.07 Å². The van der Waals surface area contributed by atoms with Crippen LogP contribution in [0.15, 0.2) is 30.3 Å². The Hall–Kier alpha value is -2.69. The number of phenolic OH excluding ortho intramolecular Hbond substituents is 1. The van der Waals surface area contributed by atoms with Gasteiger partial charge >= 0.3 is 0 Å². The van der Waals surface area contributed by atoms with Crippen LogP contribution in [-0.4, -0.2) is 16.9 Å². The van der Waals surface area contributed by atoms with Crippen molar-refractivity contribution in [1.82, 2.24) is 0 Å². The third-order valence-electron chi connectivity index (χ3n) is 3.65. The van der Waals surface area contributed by atoms with E-state index in [-0.39, 0.29) is 5.69 Å². The summed E-state index contributed by atoms with van der Waals surface area (Å²) in [5.41, 5.74) is 2.23. The first kappa shape index (κ1) is 13.3. The van der Waals surface area contributed by atoms with Gasteiger partial charge in [-0.1, -0.05) is 12.1 Å². The molecule has 2 amide bonds. The van der Waals surface area contributed by atoms with Crippen LogP contribution in [0.5, 0.6) is 5.75 Å². The summed E-state index contributed by atoms with van der Waals surface area (Å²) in [5.74, 6) is -2.34. The molecule has 3 rings (SSSR count). The van der Waals surface area contributed by atoms with E-state index in [9.17, 15) is 19.1 Å². The van der Waals surface area contributed by atoms with E-state index in [0.717, 1.165) is 17.0 Å². The Labute approximate surface area is 120 Å². The van der Waals surface area contributed by atoms with Crippen LogP contribution in [0.1, 0.15) is 31.8 Å². The Kier molecular flexibility index (Phi) is 2.79. The minimum Gasteiger partial charge on any atom is -0.505 e. The number of hydrogen-bond donors (Lipinski definition) is 1. The first-order chi connectivity index (χ1) is 9.91. The van der Waals surface area contributed by atoms with Gasteiger partial charge in [0.2, 0.25) is 0 Å². The minimum absolute atomic E-state index is 0.107. The van der Waals surface area contributed by atoms with Crippen LogP contribution in [0.2, 0.25) is 0 Å². The van der Waals surface area contributed by atoms with Gasteiger partial charge in [0.1, 0.15) is 0 Å². The number of carbonyl (C=O) groups excluding carboxylic acids is 2. The van der Waals surface area contributed by atoms with Gasteiger partial charge in [0.15, 0.2) is 11.6 Å². The van der Waals surface area contributed by atoms with Crippen LogP contribution >= 0.6 is 0 Å². The Morgan fingerprint density at radius 2 is 1.48 bits per heavy atom. The first-order valence-electron chi connectivity index (χ1n) is 6.39. The molecule has 21 heavy (non-hydrogen) atoms. The molecule has 2 aromatic rings. The summed E-state index contributed by atoms with van der Waals surface area (Å²) in [6.07, 6.45) is 0. The van der Waals surface area contributed by atoms with Gasteiger partial charge in [-0.3, -0.25) is 9.59 Å². The molecule has 1 aliphatic rings. The average molecular weight is 285 g/mol. The standard InChI is InChI=1S/C16H12FNO3/c1-8-3-4-9(2)14-13(8)15(20)18(16(14)21)10-5-6-12(19)11(17)7-10/h3-7,19H,1-2H3. The summed E-state index contributed by atoms with van der Waals surface area (Å²) in [7, 11) is 0. The number of aryl methyl sites for hydroxylation is 2. The highest BCUT2D eigenvalue weighted by Gasteiger charge is 2.39. The fraction of sp³-hybridized carbons (Fsp3) is 0.125. The highest BCUT2D eigenvalue weighted by atomic mass is 19.1. The van der Waals surface area contributed by atoms with Crippen molar-refractivity contribution in [2.45, 2.75) is 13.8 Å². The Bertz CT molecular complexity index is 757. The van der Waals surface area contributed by atoms with Crippen molar-refractivity contribution in [2.24, 2.45) is 0 Å². The van der Waals surface area contributed by atoms with Crippen molar-refractivity contribution in [3.63, 3.8) is 0 Å². The van der Waals surface area contributed by atoms with Crippen molar-refractivity contribution >= 4 is 17.5 Å². The Morgan fingerprint density at radius 1 is 0.952 bits per heavy atom. The average Bonchev–Trinajstić information content (AvgIpc) is 2.70. The molecule has 0 atom stereocenters.